The van der Waals surface area contributed by atoms with Crippen molar-refractivity contribution in [2.75, 3.05) is 0 Å². The van der Waals surface area contributed by atoms with Crippen molar-refractivity contribution < 1.29 is 21.9 Å². The van der Waals surface area contributed by atoms with Gasteiger partial charge in [-0.15, -0.1) is 0 Å². The smallest absolute Gasteiger partial charge is 0.434 e. The number of imidazole rings is 1. The summed E-state index contributed by atoms with van der Waals surface area (Å²) in [5.74, 6) is -0.112. The highest BCUT2D eigenvalue weighted by molar-refractivity contribution is 7.78. The highest BCUT2D eigenvalue weighted by Crippen LogP contribution is 2.32. The number of pyridine rings is 1. The van der Waals surface area contributed by atoms with E-state index in [1.165, 1.54) is 22.9 Å². The van der Waals surface area contributed by atoms with Crippen molar-refractivity contribution in [1.29, 1.82) is 0 Å². The number of benzene rings is 1. The second-order valence-corrected chi connectivity index (χ2v) is 6.04. The van der Waals surface area contributed by atoms with Gasteiger partial charge in [-0.2, -0.15) is 13.2 Å². The highest BCUT2D eigenvalue weighted by Gasteiger charge is 2.35. The third kappa shape index (κ3) is 3.94. The summed E-state index contributed by atoms with van der Waals surface area (Å²) in [6.07, 6.45) is -2.23. The summed E-state index contributed by atoms with van der Waals surface area (Å²) in [7, 11) is 0. The Morgan fingerprint density at radius 2 is 1.84 bits per heavy atom. The van der Waals surface area contributed by atoms with E-state index in [1.807, 2.05) is 0 Å². The number of hydrogen-bond acceptors (Lipinski definition) is 4. The first-order valence-corrected chi connectivity index (χ1v) is 8.32. The standard InChI is InChI=1S/C16H12F3N3O2S/c17-16(18,19)14-9-22(15(21-14)13-3-1-2-8-20-13)12-6-4-11(5-7-12)10-25(23)24/h1-9H,10H2,(H,23,24)/p-1. The van der Waals surface area contributed by atoms with Crippen LogP contribution in [0.1, 0.15) is 11.3 Å². The Kier molecular flexibility index (Phi) is 4.69. The molecule has 1 unspecified atom stereocenters. The van der Waals surface area contributed by atoms with Gasteiger partial charge in [0.25, 0.3) is 0 Å². The molecule has 0 radical (unpaired) electrons. The molecule has 0 aliphatic heterocycles. The molecule has 0 aliphatic carbocycles. The normalized spacial score (nSPS) is 13.0. The summed E-state index contributed by atoms with van der Waals surface area (Å²) < 4.78 is 61.9. The van der Waals surface area contributed by atoms with E-state index in [1.54, 1.807) is 30.3 Å². The second kappa shape index (κ2) is 6.77. The van der Waals surface area contributed by atoms with Crippen LogP contribution in [-0.4, -0.2) is 23.3 Å². The van der Waals surface area contributed by atoms with Crippen LogP contribution in [0.5, 0.6) is 0 Å². The SMILES string of the molecule is O=S([O-])Cc1ccc(-n2cc(C(F)(F)F)nc2-c2ccccn2)cc1. The molecule has 0 bridgehead atoms. The topological polar surface area (TPSA) is 70.8 Å². The molecule has 25 heavy (non-hydrogen) atoms. The molecule has 0 saturated carbocycles. The molecule has 0 amide bonds. The number of rotatable bonds is 4. The molecule has 1 aromatic carbocycles. The van der Waals surface area contributed by atoms with Gasteiger partial charge in [-0.05, 0) is 29.8 Å². The van der Waals surface area contributed by atoms with Crippen LogP contribution in [-0.2, 0) is 23.0 Å². The second-order valence-electron chi connectivity index (χ2n) is 5.15. The van der Waals surface area contributed by atoms with Gasteiger partial charge < -0.3 is 4.55 Å². The highest BCUT2D eigenvalue weighted by atomic mass is 32.2. The third-order valence-corrected chi connectivity index (χ3v) is 3.96. The Bertz CT molecular complexity index is 893. The van der Waals surface area contributed by atoms with Crippen LogP contribution in [0.15, 0.2) is 54.9 Å². The Morgan fingerprint density at radius 3 is 2.40 bits per heavy atom. The lowest BCUT2D eigenvalue weighted by Gasteiger charge is -2.09. The number of aromatic nitrogens is 3. The van der Waals surface area contributed by atoms with Gasteiger partial charge in [0.15, 0.2) is 11.5 Å². The molecule has 3 rings (SSSR count). The van der Waals surface area contributed by atoms with E-state index in [2.05, 4.69) is 9.97 Å². The lowest BCUT2D eigenvalue weighted by atomic mass is 10.2. The fourth-order valence-corrected chi connectivity index (χ4v) is 2.74. The zero-order chi connectivity index (χ0) is 18.0. The molecule has 2 aromatic heterocycles. The Hall–Kier alpha value is -2.52. The summed E-state index contributed by atoms with van der Waals surface area (Å²) in [6, 6.07) is 11.0. The lowest BCUT2D eigenvalue weighted by Crippen LogP contribution is -2.05. The van der Waals surface area contributed by atoms with E-state index in [4.69, 9.17) is 0 Å². The van der Waals surface area contributed by atoms with Crippen LogP contribution in [0.25, 0.3) is 17.2 Å². The predicted octanol–water partition coefficient (Wildman–Crippen LogP) is 3.33. The maximum absolute atomic E-state index is 13.1. The fraction of sp³-hybridized carbons (Fsp3) is 0.125. The summed E-state index contributed by atoms with van der Waals surface area (Å²) in [4.78, 5) is 7.73. The minimum atomic E-state index is -4.59. The van der Waals surface area contributed by atoms with E-state index in [0.717, 1.165) is 6.20 Å². The van der Waals surface area contributed by atoms with Crippen LogP contribution in [0.4, 0.5) is 13.2 Å². The van der Waals surface area contributed by atoms with Gasteiger partial charge in [0.05, 0.1) is 0 Å². The maximum Gasteiger partial charge on any atom is 0.434 e. The minimum Gasteiger partial charge on any atom is -0.772 e. The van der Waals surface area contributed by atoms with Crippen molar-refractivity contribution >= 4 is 11.1 Å². The van der Waals surface area contributed by atoms with E-state index in [-0.39, 0.29) is 11.6 Å². The van der Waals surface area contributed by atoms with Crippen molar-refractivity contribution in [2.45, 2.75) is 11.9 Å². The van der Waals surface area contributed by atoms with Crippen LogP contribution in [0.3, 0.4) is 0 Å². The molecule has 1 atom stereocenters. The largest absolute Gasteiger partial charge is 0.772 e. The third-order valence-electron chi connectivity index (χ3n) is 3.39. The van der Waals surface area contributed by atoms with Gasteiger partial charge in [-0.25, -0.2) is 4.98 Å². The molecule has 0 N–H and O–H groups in total. The van der Waals surface area contributed by atoms with Gasteiger partial charge in [-0.3, -0.25) is 13.8 Å². The Labute approximate surface area is 143 Å². The molecule has 0 fully saturated rings. The summed E-state index contributed by atoms with van der Waals surface area (Å²) >= 11 is -2.24. The van der Waals surface area contributed by atoms with Crippen LogP contribution in [0, 0.1) is 0 Å². The van der Waals surface area contributed by atoms with Gasteiger partial charge in [0.2, 0.25) is 0 Å². The average molecular weight is 366 g/mol. The number of halogens is 3. The molecule has 5 nitrogen and oxygen atoms in total. The maximum atomic E-state index is 13.1. The van der Waals surface area contributed by atoms with E-state index >= 15 is 0 Å². The Balaban J connectivity index is 2.08. The first kappa shape index (κ1) is 17.3. The predicted molar refractivity (Wildman–Crippen MR) is 84.4 cm³/mol. The Morgan fingerprint density at radius 1 is 1.12 bits per heavy atom. The molecule has 0 spiro atoms. The molecular formula is C16H11F3N3O2S-. The van der Waals surface area contributed by atoms with Crippen LogP contribution in [0.2, 0.25) is 0 Å². The minimum absolute atomic E-state index is 0.0491. The van der Waals surface area contributed by atoms with Crippen LogP contribution < -0.4 is 0 Å². The molecular weight excluding hydrogens is 355 g/mol. The number of nitrogens with zero attached hydrogens (tertiary/aromatic N) is 3. The molecule has 0 saturated heterocycles. The van der Waals surface area contributed by atoms with Gasteiger partial charge in [0.1, 0.15) is 5.69 Å². The molecule has 3 aromatic rings. The van der Waals surface area contributed by atoms with E-state index < -0.39 is 23.0 Å². The van der Waals surface area contributed by atoms with Crippen molar-refractivity contribution in [3.05, 3.63) is 66.1 Å². The molecule has 2 heterocycles. The van der Waals surface area contributed by atoms with E-state index in [0.29, 0.717) is 16.9 Å². The number of hydrogen-bond donors (Lipinski definition) is 0. The van der Waals surface area contributed by atoms with Crippen molar-refractivity contribution in [2.24, 2.45) is 0 Å². The van der Waals surface area contributed by atoms with Crippen molar-refractivity contribution in [3.63, 3.8) is 0 Å². The zero-order valence-corrected chi connectivity index (χ0v) is 13.4. The molecule has 130 valence electrons. The lowest BCUT2D eigenvalue weighted by molar-refractivity contribution is -0.140. The van der Waals surface area contributed by atoms with E-state index in [9.17, 15) is 21.9 Å². The molecule has 0 aliphatic rings. The number of alkyl halides is 3. The summed E-state index contributed by atoms with van der Waals surface area (Å²) in [6.45, 7) is 0. The quantitative estimate of drug-likeness (QED) is 0.664. The summed E-state index contributed by atoms with van der Waals surface area (Å²) in [5, 5.41) is 0. The monoisotopic (exact) mass is 366 g/mol. The van der Waals surface area contributed by atoms with Crippen molar-refractivity contribution in [1.82, 2.24) is 14.5 Å². The summed E-state index contributed by atoms with van der Waals surface area (Å²) in [5.41, 5.74) is 0.220. The molecule has 9 heteroatoms. The van der Waals surface area contributed by atoms with Gasteiger partial charge in [0, 0.05) is 23.8 Å². The zero-order valence-electron chi connectivity index (χ0n) is 12.6. The van der Waals surface area contributed by atoms with Gasteiger partial charge >= 0.3 is 6.18 Å². The first-order chi connectivity index (χ1) is 11.8. The first-order valence-electron chi connectivity index (χ1n) is 7.08. The average Bonchev–Trinajstić information content (AvgIpc) is 3.01. The van der Waals surface area contributed by atoms with Crippen molar-refractivity contribution in [3.8, 4) is 17.2 Å². The fourth-order valence-electron chi connectivity index (χ4n) is 2.28. The van der Waals surface area contributed by atoms with Gasteiger partial charge in [-0.1, -0.05) is 29.3 Å². The van der Waals surface area contributed by atoms with Crippen LogP contribution >= 0.6 is 0 Å².